The third kappa shape index (κ3) is 6.61. The number of furan rings is 1. The molecular weight excluding hydrogens is 450 g/mol. The van der Waals surface area contributed by atoms with Gasteiger partial charge in [0.15, 0.2) is 17.3 Å². The molecule has 0 bridgehead atoms. The van der Waals surface area contributed by atoms with Crippen molar-refractivity contribution < 1.29 is 22.9 Å². The van der Waals surface area contributed by atoms with E-state index in [1.165, 1.54) is 0 Å². The number of amides is 1. The summed E-state index contributed by atoms with van der Waals surface area (Å²) in [5.74, 6) is 1.91. The Balaban J connectivity index is 1.53. The second kappa shape index (κ2) is 11.7. The van der Waals surface area contributed by atoms with E-state index in [4.69, 9.17) is 25.5 Å². The third-order valence-electron chi connectivity index (χ3n) is 4.52. The van der Waals surface area contributed by atoms with E-state index in [9.17, 15) is 9.00 Å². The summed E-state index contributed by atoms with van der Waals surface area (Å²) >= 11 is 5.95. The quantitative estimate of drug-likeness (QED) is 0.421. The van der Waals surface area contributed by atoms with E-state index in [0.717, 1.165) is 5.56 Å². The Labute approximate surface area is 195 Å². The van der Waals surface area contributed by atoms with E-state index in [1.807, 2.05) is 32.0 Å². The van der Waals surface area contributed by atoms with Crippen LogP contribution in [-0.2, 0) is 23.0 Å². The maximum atomic E-state index is 12.5. The highest BCUT2D eigenvalue weighted by Crippen LogP contribution is 2.28. The Morgan fingerprint density at radius 1 is 1.03 bits per heavy atom. The zero-order chi connectivity index (χ0) is 22.9. The van der Waals surface area contributed by atoms with Crippen molar-refractivity contribution in [3.63, 3.8) is 0 Å². The van der Waals surface area contributed by atoms with Crippen LogP contribution in [0.5, 0.6) is 11.5 Å². The fraction of sp³-hybridized carbons (Fsp3) is 0.292. The van der Waals surface area contributed by atoms with E-state index in [-0.39, 0.29) is 17.4 Å². The minimum Gasteiger partial charge on any atom is -0.490 e. The van der Waals surface area contributed by atoms with Gasteiger partial charge in [-0.2, -0.15) is 0 Å². The lowest BCUT2D eigenvalue weighted by molar-refractivity contribution is 0.0925. The average Bonchev–Trinajstić information content (AvgIpc) is 3.24. The number of rotatable bonds is 11. The molecule has 170 valence electrons. The molecule has 0 aliphatic carbocycles. The van der Waals surface area contributed by atoms with Crippen molar-refractivity contribution in [2.75, 3.05) is 19.8 Å². The number of nitrogens with one attached hydrogen (secondary N) is 1. The molecule has 3 aromatic rings. The molecule has 0 aliphatic heterocycles. The summed E-state index contributed by atoms with van der Waals surface area (Å²) in [6.45, 7) is 5.39. The molecule has 0 radical (unpaired) electrons. The van der Waals surface area contributed by atoms with Gasteiger partial charge >= 0.3 is 0 Å². The topological polar surface area (TPSA) is 77.8 Å². The molecule has 0 saturated heterocycles. The monoisotopic (exact) mass is 475 g/mol. The lowest BCUT2D eigenvalue weighted by atomic mass is 10.1. The van der Waals surface area contributed by atoms with E-state index in [0.29, 0.717) is 53.4 Å². The standard InChI is InChI=1S/C24H26ClNO5S/c1-3-29-21-10-8-17(14-23(21)30-4-2)12-13-26-24(27)22-11-9-19(31-22)16-32(28)20-7-5-6-18(25)15-20/h5-11,14-15H,3-4,12-13,16H2,1-2H3,(H,26,27). The molecule has 1 N–H and O–H groups in total. The van der Waals surface area contributed by atoms with Crippen LogP contribution in [-0.4, -0.2) is 29.9 Å². The predicted octanol–water partition coefficient (Wildman–Crippen LogP) is 5.01. The van der Waals surface area contributed by atoms with Crippen LogP contribution in [0.25, 0.3) is 0 Å². The van der Waals surface area contributed by atoms with Gasteiger partial charge in [-0.3, -0.25) is 9.00 Å². The molecule has 8 heteroatoms. The van der Waals surface area contributed by atoms with Gasteiger partial charge in [-0.05, 0) is 68.3 Å². The van der Waals surface area contributed by atoms with E-state index < -0.39 is 10.8 Å². The molecule has 1 atom stereocenters. The van der Waals surface area contributed by atoms with Crippen LogP contribution in [0.3, 0.4) is 0 Å². The van der Waals surface area contributed by atoms with Crippen LogP contribution >= 0.6 is 11.6 Å². The van der Waals surface area contributed by atoms with Gasteiger partial charge in [-0.25, -0.2) is 0 Å². The first kappa shape index (κ1) is 23.9. The largest absolute Gasteiger partial charge is 0.490 e. The smallest absolute Gasteiger partial charge is 0.287 e. The van der Waals surface area contributed by atoms with Gasteiger partial charge in [-0.15, -0.1) is 0 Å². The molecule has 1 heterocycles. The summed E-state index contributed by atoms with van der Waals surface area (Å²) in [6.07, 6.45) is 0.630. The van der Waals surface area contributed by atoms with E-state index >= 15 is 0 Å². The number of hydrogen-bond donors (Lipinski definition) is 1. The highest BCUT2D eigenvalue weighted by Gasteiger charge is 2.14. The first-order valence-electron chi connectivity index (χ1n) is 10.4. The minimum absolute atomic E-state index is 0.167. The molecule has 6 nitrogen and oxygen atoms in total. The van der Waals surface area contributed by atoms with Crippen molar-refractivity contribution in [3.05, 3.63) is 76.7 Å². The second-order valence-corrected chi connectivity index (χ2v) is 8.75. The van der Waals surface area contributed by atoms with E-state index in [2.05, 4.69) is 5.32 Å². The maximum absolute atomic E-state index is 12.5. The van der Waals surface area contributed by atoms with Crippen LogP contribution in [0, 0.1) is 0 Å². The highest BCUT2D eigenvalue weighted by molar-refractivity contribution is 7.84. The van der Waals surface area contributed by atoms with Gasteiger partial charge in [0.05, 0.1) is 29.8 Å². The molecular formula is C24H26ClNO5S. The van der Waals surface area contributed by atoms with Crippen molar-refractivity contribution >= 4 is 28.3 Å². The summed E-state index contributed by atoms with van der Waals surface area (Å²) < 4.78 is 29.3. The van der Waals surface area contributed by atoms with Gasteiger partial charge < -0.3 is 19.2 Å². The summed E-state index contributed by atoms with van der Waals surface area (Å²) in [5.41, 5.74) is 1.02. The van der Waals surface area contributed by atoms with Crippen LogP contribution in [0.4, 0.5) is 0 Å². The van der Waals surface area contributed by atoms with Gasteiger partial charge in [0.2, 0.25) is 0 Å². The number of hydrogen-bond acceptors (Lipinski definition) is 5. The lowest BCUT2D eigenvalue weighted by Gasteiger charge is -2.12. The van der Waals surface area contributed by atoms with Gasteiger partial charge in [0.25, 0.3) is 5.91 Å². The Morgan fingerprint density at radius 2 is 1.81 bits per heavy atom. The highest BCUT2D eigenvalue weighted by atomic mass is 35.5. The van der Waals surface area contributed by atoms with Gasteiger partial charge in [-0.1, -0.05) is 23.7 Å². The number of benzene rings is 2. The maximum Gasteiger partial charge on any atom is 0.287 e. The summed E-state index contributed by atoms with van der Waals surface area (Å²) in [6, 6.07) is 15.9. The van der Waals surface area contributed by atoms with Crippen molar-refractivity contribution in [3.8, 4) is 11.5 Å². The second-order valence-electron chi connectivity index (χ2n) is 6.87. The summed E-state index contributed by atoms with van der Waals surface area (Å²) in [5, 5.41) is 3.37. The number of ether oxygens (including phenoxy) is 2. The molecule has 1 unspecified atom stereocenters. The zero-order valence-corrected chi connectivity index (χ0v) is 19.6. The first-order chi connectivity index (χ1) is 15.5. The molecule has 1 aromatic heterocycles. The Hall–Kier alpha value is -2.77. The molecule has 1 amide bonds. The summed E-state index contributed by atoms with van der Waals surface area (Å²) in [7, 11) is -1.31. The average molecular weight is 476 g/mol. The molecule has 3 rings (SSSR count). The zero-order valence-electron chi connectivity index (χ0n) is 18.1. The molecule has 0 fully saturated rings. The minimum atomic E-state index is -1.31. The number of carbonyl (C=O) groups is 1. The molecule has 0 spiro atoms. The van der Waals surface area contributed by atoms with Gasteiger partial charge in [0.1, 0.15) is 5.76 Å². The van der Waals surface area contributed by atoms with Crippen LogP contribution < -0.4 is 14.8 Å². The Bertz CT molecular complexity index is 1080. The van der Waals surface area contributed by atoms with Crippen molar-refractivity contribution in [1.82, 2.24) is 5.32 Å². The van der Waals surface area contributed by atoms with E-state index in [1.54, 1.807) is 36.4 Å². The number of halogens is 1. The SMILES string of the molecule is CCOc1ccc(CCNC(=O)c2ccc(CS(=O)c3cccc(Cl)c3)o2)cc1OCC. The van der Waals surface area contributed by atoms with Gasteiger partial charge in [0, 0.05) is 16.5 Å². The predicted molar refractivity (Wildman–Crippen MR) is 125 cm³/mol. The first-order valence-corrected chi connectivity index (χ1v) is 12.1. The van der Waals surface area contributed by atoms with Crippen molar-refractivity contribution in [1.29, 1.82) is 0 Å². The lowest BCUT2D eigenvalue weighted by Crippen LogP contribution is -2.25. The van der Waals surface area contributed by atoms with Crippen molar-refractivity contribution in [2.24, 2.45) is 0 Å². The Kier molecular flexibility index (Phi) is 8.76. The van der Waals surface area contributed by atoms with Crippen LogP contribution in [0.1, 0.15) is 35.7 Å². The molecule has 32 heavy (non-hydrogen) atoms. The normalized spacial score (nSPS) is 11.7. The summed E-state index contributed by atoms with van der Waals surface area (Å²) in [4.78, 5) is 13.0. The molecule has 0 saturated carbocycles. The van der Waals surface area contributed by atoms with Crippen LogP contribution in [0.2, 0.25) is 5.02 Å². The Morgan fingerprint density at radius 3 is 2.56 bits per heavy atom. The van der Waals surface area contributed by atoms with Crippen LogP contribution in [0.15, 0.2) is 63.9 Å². The molecule has 0 aliphatic rings. The fourth-order valence-corrected chi connectivity index (χ4v) is 4.38. The fourth-order valence-electron chi connectivity index (χ4n) is 3.06. The number of carbonyl (C=O) groups excluding carboxylic acids is 1. The van der Waals surface area contributed by atoms with Crippen molar-refractivity contribution in [2.45, 2.75) is 30.9 Å². The molecule has 2 aromatic carbocycles. The third-order valence-corrected chi connectivity index (χ3v) is 6.09.